The van der Waals surface area contributed by atoms with Crippen molar-refractivity contribution in [3.63, 3.8) is 0 Å². The number of carbonyl (C=O) groups excluding carboxylic acids is 3. The fourth-order valence-corrected chi connectivity index (χ4v) is 4.32. The van der Waals surface area contributed by atoms with E-state index in [1.165, 1.54) is 0 Å². The van der Waals surface area contributed by atoms with Crippen LogP contribution in [0, 0.1) is 5.92 Å². The first-order chi connectivity index (χ1) is 15.2. The minimum atomic E-state index is -0.901. The van der Waals surface area contributed by atoms with Crippen LogP contribution >= 0.6 is 0 Å². The molecule has 8 heteroatoms. The molecule has 0 aliphatic carbocycles. The van der Waals surface area contributed by atoms with Crippen molar-refractivity contribution in [3.8, 4) is 5.75 Å². The van der Waals surface area contributed by atoms with Gasteiger partial charge in [-0.3, -0.25) is 19.3 Å². The van der Waals surface area contributed by atoms with Gasteiger partial charge in [0, 0.05) is 43.5 Å². The van der Waals surface area contributed by atoms with Crippen molar-refractivity contribution in [1.82, 2.24) is 15.1 Å². The molecule has 0 aromatic heterocycles. The van der Waals surface area contributed by atoms with Crippen LogP contribution in [0.3, 0.4) is 0 Å². The van der Waals surface area contributed by atoms with Crippen LogP contribution in [0.4, 0.5) is 0 Å². The van der Waals surface area contributed by atoms with Gasteiger partial charge in [-0.2, -0.15) is 0 Å². The smallest absolute Gasteiger partial charge is 0.256 e. The SMILES string of the molecule is CCC(C)NC(=O)C1COC2(CCN(C(=O)C(C)C)CC2)N1C(=O)c1ccc(OC)cc1. The van der Waals surface area contributed by atoms with E-state index in [0.717, 1.165) is 6.42 Å². The van der Waals surface area contributed by atoms with Gasteiger partial charge in [-0.25, -0.2) is 0 Å². The molecule has 0 radical (unpaired) electrons. The maximum Gasteiger partial charge on any atom is 0.256 e. The van der Waals surface area contributed by atoms with Gasteiger partial charge in [0.05, 0.1) is 13.7 Å². The first-order valence-corrected chi connectivity index (χ1v) is 11.4. The Morgan fingerprint density at radius 3 is 2.31 bits per heavy atom. The molecular formula is C24H35N3O5. The van der Waals surface area contributed by atoms with E-state index in [1.54, 1.807) is 36.3 Å². The Morgan fingerprint density at radius 1 is 1.16 bits per heavy atom. The molecule has 0 bridgehead atoms. The van der Waals surface area contributed by atoms with Crippen molar-refractivity contribution < 1.29 is 23.9 Å². The number of carbonyl (C=O) groups is 3. The molecule has 2 aliphatic rings. The first kappa shape index (κ1) is 24.0. The van der Waals surface area contributed by atoms with Crippen LogP contribution in [0.2, 0.25) is 0 Å². The third-order valence-corrected chi connectivity index (χ3v) is 6.47. The molecule has 2 saturated heterocycles. The summed E-state index contributed by atoms with van der Waals surface area (Å²) in [4.78, 5) is 42.6. The number of amides is 3. The molecule has 2 unspecified atom stereocenters. The highest BCUT2D eigenvalue weighted by atomic mass is 16.5. The molecule has 32 heavy (non-hydrogen) atoms. The number of nitrogens with one attached hydrogen (secondary N) is 1. The number of rotatable bonds is 6. The lowest BCUT2D eigenvalue weighted by Crippen LogP contribution is -2.60. The normalized spacial score (nSPS) is 21.0. The summed E-state index contributed by atoms with van der Waals surface area (Å²) >= 11 is 0. The third kappa shape index (κ3) is 4.75. The average molecular weight is 446 g/mol. The van der Waals surface area contributed by atoms with Crippen LogP contribution in [0.5, 0.6) is 5.75 Å². The van der Waals surface area contributed by atoms with Gasteiger partial charge in [-0.15, -0.1) is 0 Å². The lowest BCUT2D eigenvalue weighted by Gasteiger charge is -2.45. The molecule has 1 N–H and O–H groups in total. The van der Waals surface area contributed by atoms with E-state index in [4.69, 9.17) is 9.47 Å². The van der Waals surface area contributed by atoms with Crippen molar-refractivity contribution in [2.24, 2.45) is 5.92 Å². The molecule has 2 heterocycles. The Balaban J connectivity index is 1.88. The number of ether oxygens (including phenoxy) is 2. The summed E-state index contributed by atoms with van der Waals surface area (Å²) in [6.07, 6.45) is 1.74. The van der Waals surface area contributed by atoms with E-state index < -0.39 is 11.8 Å². The Kier molecular flexibility index (Phi) is 7.44. The maximum absolute atomic E-state index is 13.7. The van der Waals surface area contributed by atoms with E-state index in [-0.39, 0.29) is 36.3 Å². The monoisotopic (exact) mass is 445 g/mol. The van der Waals surface area contributed by atoms with Crippen molar-refractivity contribution >= 4 is 17.7 Å². The van der Waals surface area contributed by atoms with E-state index in [1.807, 2.05) is 32.6 Å². The number of hydrogen-bond acceptors (Lipinski definition) is 5. The maximum atomic E-state index is 13.7. The molecule has 3 rings (SSSR count). The molecule has 8 nitrogen and oxygen atoms in total. The molecule has 2 atom stereocenters. The molecule has 2 fully saturated rings. The van der Waals surface area contributed by atoms with Gasteiger partial charge < -0.3 is 19.7 Å². The molecule has 1 aromatic rings. The molecule has 3 amide bonds. The summed E-state index contributed by atoms with van der Waals surface area (Å²) in [6, 6.07) is 6.15. The number of benzene rings is 1. The van der Waals surface area contributed by atoms with Crippen LogP contribution in [0.15, 0.2) is 24.3 Å². The van der Waals surface area contributed by atoms with Crippen molar-refractivity contribution in [1.29, 1.82) is 0 Å². The van der Waals surface area contributed by atoms with Crippen LogP contribution in [0.1, 0.15) is 57.3 Å². The zero-order valence-corrected chi connectivity index (χ0v) is 19.7. The molecule has 176 valence electrons. The molecule has 2 aliphatic heterocycles. The van der Waals surface area contributed by atoms with Crippen LogP contribution in [-0.4, -0.2) is 72.1 Å². The average Bonchev–Trinajstić information content (AvgIpc) is 3.17. The first-order valence-electron chi connectivity index (χ1n) is 11.4. The fraction of sp³-hybridized carbons (Fsp3) is 0.625. The quantitative estimate of drug-likeness (QED) is 0.727. The second-order valence-corrected chi connectivity index (χ2v) is 8.97. The second kappa shape index (κ2) is 9.90. The van der Waals surface area contributed by atoms with Crippen molar-refractivity contribution in [2.45, 2.75) is 64.8 Å². The number of nitrogens with zero attached hydrogens (tertiary/aromatic N) is 2. The summed E-state index contributed by atoms with van der Waals surface area (Å²) in [5.74, 6) is 0.203. The molecule has 0 saturated carbocycles. The minimum absolute atomic E-state index is 0.00231. The van der Waals surface area contributed by atoms with Crippen molar-refractivity contribution in [3.05, 3.63) is 29.8 Å². The molecule has 1 aromatic carbocycles. The zero-order chi connectivity index (χ0) is 23.5. The highest BCUT2D eigenvalue weighted by Crippen LogP contribution is 2.39. The highest BCUT2D eigenvalue weighted by Gasteiger charge is 2.54. The topological polar surface area (TPSA) is 88.2 Å². The minimum Gasteiger partial charge on any atom is -0.497 e. The van der Waals surface area contributed by atoms with E-state index in [2.05, 4.69) is 5.32 Å². The van der Waals surface area contributed by atoms with E-state index >= 15 is 0 Å². The van der Waals surface area contributed by atoms with Crippen LogP contribution in [0.25, 0.3) is 0 Å². The van der Waals surface area contributed by atoms with E-state index in [0.29, 0.717) is 37.2 Å². The lowest BCUT2D eigenvalue weighted by atomic mass is 9.95. The Bertz CT molecular complexity index is 831. The fourth-order valence-electron chi connectivity index (χ4n) is 4.32. The molecular weight excluding hydrogens is 410 g/mol. The van der Waals surface area contributed by atoms with Crippen molar-refractivity contribution in [2.75, 3.05) is 26.8 Å². The lowest BCUT2D eigenvalue weighted by molar-refractivity contribution is -0.146. The third-order valence-electron chi connectivity index (χ3n) is 6.47. The Labute approximate surface area is 190 Å². The molecule has 1 spiro atoms. The second-order valence-electron chi connectivity index (χ2n) is 8.97. The predicted molar refractivity (Wildman–Crippen MR) is 120 cm³/mol. The van der Waals surface area contributed by atoms with Gasteiger partial charge in [-0.1, -0.05) is 20.8 Å². The summed E-state index contributed by atoms with van der Waals surface area (Å²) in [5, 5.41) is 2.99. The largest absolute Gasteiger partial charge is 0.497 e. The van der Waals surface area contributed by atoms with Gasteiger partial charge in [0.25, 0.3) is 5.91 Å². The summed E-state index contributed by atoms with van der Waals surface area (Å²) < 4.78 is 11.4. The van der Waals surface area contributed by atoms with E-state index in [9.17, 15) is 14.4 Å². The highest BCUT2D eigenvalue weighted by molar-refractivity contribution is 5.98. The number of piperidine rings is 1. The summed E-state index contributed by atoms with van der Waals surface area (Å²) in [7, 11) is 1.57. The summed E-state index contributed by atoms with van der Waals surface area (Å²) in [6.45, 7) is 8.82. The Hall–Kier alpha value is -2.61. The standard InChI is InChI=1S/C24H35N3O5/c1-6-17(4)25-21(28)20-15-32-24(11-13-26(14-12-24)22(29)16(2)3)27(20)23(30)18-7-9-19(31-5)10-8-18/h7-10,16-17,20H,6,11-15H2,1-5H3,(H,25,28). The Morgan fingerprint density at radius 2 is 1.78 bits per heavy atom. The zero-order valence-electron chi connectivity index (χ0n) is 19.7. The summed E-state index contributed by atoms with van der Waals surface area (Å²) in [5.41, 5.74) is -0.430. The van der Waals surface area contributed by atoms with Gasteiger partial charge >= 0.3 is 0 Å². The van der Waals surface area contributed by atoms with Crippen LogP contribution in [-0.2, 0) is 14.3 Å². The van der Waals surface area contributed by atoms with Gasteiger partial charge in [0.2, 0.25) is 11.8 Å². The predicted octanol–water partition coefficient (Wildman–Crippen LogP) is 2.43. The number of likely N-dealkylation sites (tertiary alicyclic amines) is 1. The van der Waals surface area contributed by atoms with Gasteiger partial charge in [0.1, 0.15) is 17.5 Å². The number of hydrogen-bond donors (Lipinski definition) is 1. The van der Waals surface area contributed by atoms with Gasteiger partial charge in [-0.05, 0) is 37.6 Å². The van der Waals surface area contributed by atoms with Gasteiger partial charge in [0.15, 0.2) is 0 Å². The van der Waals surface area contributed by atoms with Crippen LogP contribution < -0.4 is 10.1 Å². The number of methoxy groups -OCH3 is 1.